The highest BCUT2D eigenvalue weighted by molar-refractivity contribution is 7.14. The molecule has 7 unspecified atom stereocenters. The van der Waals surface area contributed by atoms with E-state index in [4.69, 9.17) is 51.6 Å². The van der Waals surface area contributed by atoms with Crippen LogP contribution in [0.5, 0.6) is 11.5 Å². The number of thiophene rings is 1. The third-order valence-corrected chi connectivity index (χ3v) is 13.1. The van der Waals surface area contributed by atoms with E-state index >= 15 is 0 Å². The summed E-state index contributed by atoms with van der Waals surface area (Å²) in [4.78, 5) is 70.2. The van der Waals surface area contributed by atoms with Crippen LogP contribution in [-0.4, -0.2) is 97.6 Å². The maximum atomic E-state index is 14.6. The van der Waals surface area contributed by atoms with Crippen molar-refractivity contribution in [3.05, 3.63) is 93.7 Å². The first-order valence-electron chi connectivity index (χ1n) is 19.8. The van der Waals surface area contributed by atoms with Crippen LogP contribution in [0.4, 0.5) is 11.4 Å². The van der Waals surface area contributed by atoms with E-state index in [1.54, 1.807) is 35.2 Å². The molecule has 3 aliphatic rings. The topological polar surface area (TPSA) is 167 Å². The van der Waals surface area contributed by atoms with Crippen LogP contribution in [0.1, 0.15) is 58.3 Å². The molecule has 17 heteroatoms. The molecule has 5 aromatic rings. The molecular formula is C45H42Cl2N2O12S. The molecule has 4 aromatic carbocycles. The second-order valence-corrected chi connectivity index (χ2v) is 17.1. The van der Waals surface area contributed by atoms with Gasteiger partial charge in [-0.1, -0.05) is 48.5 Å². The number of benzene rings is 4. The maximum absolute atomic E-state index is 14.6. The Balaban J connectivity index is 1.13. The molecular weight excluding hydrogens is 863 g/mol. The number of halogens is 2. The summed E-state index contributed by atoms with van der Waals surface area (Å²) in [5.74, 6) is -2.93. The highest BCUT2D eigenvalue weighted by Gasteiger charge is 2.56. The van der Waals surface area contributed by atoms with Crippen molar-refractivity contribution in [3.63, 3.8) is 0 Å². The molecule has 0 spiro atoms. The molecule has 0 aliphatic carbocycles. The third kappa shape index (κ3) is 7.98. The van der Waals surface area contributed by atoms with Gasteiger partial charge in [-0.3, -0.25) is 19.2 Å². The highest BCUT2D eigenvalue weighted by atomic mass is 35.5. The number of aromatic hydroxyl groups is 1. The standard InChI is InChI=1S/C45H42Cl2N2O12S/c1-22(50)57-39-40(58-23(2)51)42(59-24(3)52)45(61-41(39)44(55)56-4)60-35-16-33-38(31-12-8-6-10-29(31)35)26(18-47)20-49(33)43(54)36-14-13-27(62-36)21-48-19-25(17-46)37-30-11-7-5-9-28(30)34(53)15-32(37)48/h5-16,25-26,39-42,45,53H,17-21H2,1-4H3. The molecule has 62 heavy (non-hydrogen) atoms. The van der Waals surface area contributed by atoms with Crippen LogP contribution >= 0.6 is 34.5 Å². The summed E-state index contributed by atoms with van der Waals surface area (Å²) in [6.45, 7) is 4.72. The van der Waals surface area contributed by atoms with Gasteiger partial charge >= 0.3 is 23.9 Å². The molecule has 1 N–H and O–H groups in total. The second-order valence-electron chi connectivity index (χ2n) is 15.3. The number of alkyl halides is 2. The fraction of sp³-hybridized carbons (Fsp3) is 0.356. The van der Waals surface area contributed by atoms with Gasteiger partial charge in [0.1, 0.15) is 11.5 Å². The van der Waals surface area contributed by atoms with Crippen LogP contribution in [0.25, 0.3) is 21.5 Å². The van der Waals surface area contributed by atoms with E-state index in [-0.39, 0.29) is 41.7 Å². The third-order valence-electron chi connectivity index (χ3n) is 11.3. The Hall–Kier alpha value is -5.61. The quantitative estimate of drug-likeness (QED) is 0.0807. The average molecular weight is 906 g/mol. The lowest BCUT2D eigenvalue weighted by Crippen LogP contribution is -2.64. The molecule has 0 radical (unpaired) electrons. The molecule has 0 saturated carbocycles. The van der Waals surface area contributed by atoms with Gasteiger partial charge in [0.25, 0.3) is 5.91 Å². The lowest BCUT2D eigenvalue weighted by atomic mass is 9.95. The van der Waals surface area contributed by atoms with Crippen molar-refractivity contribution < 1.29 is 57.5 Å². The van der Waals surface area contributed by atoms with E-state index in [1.165, 1.54) is 11.3 Å². The fourth-order valence-electron chi connectivity index (χ4n) is 8.81. The number of rotatable bonds is 11. The van der Waals surface area contributed by atoms with Crippen molar-refractivity contribution in [2.24, 2.45) is 0 Å². The fourth-order valence-corrected chi connectivity index (χ4v) is 10.3. The van der Waals surface area contributed by atoms with Crippen LogP contribution < -0.4 is 14.5 Å². The molecule has 14 nitrogen and oxygen atoms in total. The zero-order chi connectivity index (χ0) is 44.0. The van der Waals surface area contributed by atoms with E-state index in [2.05, 4.69) is 4.90 Å². The van der Waals surface area contributed by atoms with Crippen molar-refractivity contribution in [2.75, 3.05) is 41.8 Å². The number of phenolic OH excluding ortho intramolecular Hbond substituents is 1. The number of fused-ring (bicyclic) bond motifs is 6. The number of carbonyl (C=O) groups excluding carboxylic acids is 5. The minimum absolute atomic E-state index is 0.0515. The molecule has 1 aromatic heterocycles. The van der Waals surface area contributed by atoms with Gasteiger partial charge in [0.15, 0.2) is 18.3 Å². The summed E-state index contributed by atoms with van der Waals surface area (Å²) in [5.41, 5.74) is 3.34. The van der Waals surface area contributed by atoms with Crippen molar-refractivity contribution in [1.29, 1.82) is 0 Å². The van der Waals surface area contributed by atoms with E-state index in [9.17, 15) is 29.1 Å². The minimum atomic E-state index is -1.67. The normalized spacial score (nSPS) is 22.8. The van der Waals surface area contributed by atoms with Gasteiger partial charge in [-0.15, -0.1) is 34.5 Å². The molecule has 324 valence electrons. The maximum Gasteiger partial charge on any atom is 0.339 e. The van der Waals surface area contributed by atoms with Gasteiger partial charge in [0.2, 0.25) is 12.4 Å². The van der Waals surface area contributed by atoms with Crippen LogP contribution in [0.2, 0.25) is 0 Å². The van der Waals surface area contributed by atoms with Gasteiger partial charge in [-0.05, 0) is 34.0 Å². The number of hydrogen-bond donors (Lipinski definition) is 1. The van der Waals surface area contributed by atoms with E-state index in [1.807, 2.05) is 42.5 Å². The molecule has 0 bridgehead atoms. The summed E-state index contributed by atoms with van der Waals surface area (Å²) in [7, 11) is 1.10. The predicted octanol–water partition coefficient (Wildman–Crippen LogP) is 7.16. The van der Waals surface area contributed by atoms with Gasteiger partial charge in [-0.25, -0.2) is 4.79 Å². The number of amides is 1. The number of nitrogens with zero attached hydrogens (tertiary/aromatic N) is 2. The Kier molecular flexibility index (Phi) is 12.2. The summed E-state index contributed by atoms with van der Waals surface area (Å²) in [6, 6.07) is 22.2. The van der Waals surface area contributed by atoms with Crippen molar-refractivity contribution >= 4 is 97.2 Å². The summed E-state index contributed by atoms with van der Waals surface area (Å²) < 4.78 is 34.1. The smallest absolute Gasteiger partial charge is 0.339 e. The van der Waals surface area contributed by atoms with Crippen LogP contribution in [0, 0.1) is 0 Å². The number of hydrogen-bond acceptors (Lipinski definition) is 14. The van der Waals surface area contributed by atoms with E-state index < -0.39 is 54.6 Å². The van der Waals surface area contributed by atoms with Gasteiger partial charge in [0.05, 0.1) is 24.2 Å². The van der Waals surface area contributed by atoms with Crippen molar-refractivity contribution in [2.45, 2.75) is 69.9 Å². The summed E-state index contributed by atoms with van der Waals surface area (Å²) >= 11 is 14.5. The first-order chi connectivity index (χ1) is 29.8. The SMILES string of the molecule is COC(=O)C1OC(Oc2cc3c(c4ccccc24)C(CCl)CN3C(=O)c2ccc(CN3CC(CCl)c4c3cc(O)c3ccccc43)s2)C(OC(C)=O)C(OC(C)=O)C1OC(C)=O. The Morgan fingerprint density at radius 3 is 1.97 bits per heavy atom. The monoisotopic (exact) mass is 904 g/mol. The van der Waals surface area contributed by atoms with Crippen LogP contribution in [0.15, 0.2) is 72.8 Å². The first-order valence-corrected chi connectivity index (χ1v) is 21.7. The number of phenols is 1. The van der Waals surface area contributed by atoms with Crippen molar-refractivity contribution in [3.8, 4) is 11.5 Å². The molecule has 8 rings (SSSR count). The number of ether oxygens (including phenoxy) is 6. The average Bonchev–Trinajstić information content (AvgIpc) is 3.98. The van der Waals surface area contributed by atoms with Crippen LogP contribution in [-0.2, 0) is 49.4 Å². The predicted molar refractivity (Wildman–Crippen MR) is 231 cm³/mol. The van der Waals surface area contributed by atoms with Gasteiger partial charge in [0, 0.05) is 90.9 Å². The molecule has 1 fully saturated rings. The Labute approximate surface area is 370 Å². The number of anilines is 2. The number of methoxy groups -OCH3 is 1. The summed E-state index contributed by atoms with van der Waals surface area (Å²) in [5, 5.41) is 14.0. The first kappa shape index (κ1) is 43.1. The van der Waals surface area contributed by atoms with Gasteiger partial charge < -0.3 is 43.3 Å². The van der Waals surface area contributed by atoms with E-state index in [0.29, 0.717) is 34.9 Å². The van der Waals surface area contributed by atoms with Gasteiger partial charge in [-0.2, -0.15) is 0 Å². The largest absolute Gasteiger partial charge is 0.507 e. The Bertz CT molecular complexity index is 2600. The second kappa shape index (κ2) is 17.6. The minimum Gasteiger partial charge on any atom is -0.507 e. The number of esters is 4. The lowest BCUT2D eigenvalue weighted by Gasteiger charge is -2.43. The number of carbonyl (C=O) groups is 5. The Morgan fingerprint density at radius 1 is 0.742 bits per heavy atom. The van der Waals surface area contributed by atoms with Crippen molar-refractivity contribution in [1.82, 2.24) is 0 Å². The van der Waals surface area contributed by atoms with E-state index in [0.717, 1.165) is 65.7 Å². The molecule has 3 aliphatic heterocycles. The lowest BCUT2D eigenvalue weighted by molar-refractivity contribution is -0.282. The zero-order valence-electron chi connectivity index (χ0n) is 34.0. The zero-order valence-corrected chi connectivity index (χ0v) is 36.3. The Morgan fingerprint density at radius 2 is 1.32 bits per heavy atom. The summed E-state index contributed by atoms with van der Waals surface area (Å²) in [6.07, 6.45) is -7.97. The molecule has 7 atom stereocenters. The highest BCUT2D eigenvalue weighted by Crippen LogP contribution is 2.48. The molecule has 1 amide bonds. The van der Waals surface area contributed by atoms with Crippen LogP contribution in [0.3, 0.4) is 0 Å². The molecule has 4 heterocycles. The molecule has 1 saturated heterocycles.